The predicted molar refractivity (Wildman–Crippen MR) is 119 cm³/mol. The first-order chi connectivity index (χ1) is 15.1. The average molecular weight is 412 g/mol. The molecule has 0 aliphatic carbocycles. The normalized spacial score (nSPS) is 10.5. The van der Waals surface area contributed by atoms with Gasteiger partial charge in [0.25, 0.3) is 5.91 Å². The Hall–Kier alpha value is -4.06. The van der Waals surface area contributed by atoms with Gasteiger partial charge in [-0.05, 0) is 54.4 Å². The number of nitrogens with one attached hydrogen (secondary N) is 2. The van der Waals surface area contributed by atoms with E-state index in [-0.39, 0.29) is 11.7 Å². The highest BCUT2D eigenvalue weighted by molar-refractivity contribution is 5.94. The molecular weight excluding hydrogens is 391 g/mol. The number of anilines is 2. The Morgan fingerprint density at radius 2 is 1.74 bits per heavy atom. The largest absolute Gasteiger partial charge is 0.348 e. The van der Waals surface area contributed by atoms with Crippen LogP contribution in [0, 0.1) is 12.7 Å². The molecule has 0 atom stereocenters. The number of rotatable bonds is 6. The summed E-state index contributed by atoms with van der Waals surface area (Å²) in [4.78, 5) is 20.9. The minimum atomic E-state index is -0.318. The lowest BCUT2D eigenvalue weighted by Gasteiger charge is -2.10. The SMILES string of the molecule is Cc1ccccc1CNC(=O)c1ccc(Nc2cc(-c3cccc(F)c3)ncn2)cc1. The lowest BCUT2D eigenvalue weighted by atomic mass is 10.1. The molecule has 6 heteroatoms. The van der Waals surface area contributed by atoms with Crippen LogP contribution in [0.4, 0.5) is 15.9 Å². The standard InChI is InChI=1S/C25H21FN4O/c1-17-5-2-3-6-20(17)15-27-25(31)18-9-11-22(12-10-18)30-24-14-23(28-16-29-24)19-7-4-8-21(26)13-19/h2-14,16H,15H2,1H3,(H,27,31)(H,28,29,30). The van der Waals surface area contributed by atoms with Gasteiger partial charge in [0.2, 0.25) is 0 Å². The highest BCUT2D eigenvalue weighted by Crippen LogP contribution is 2.22. The first kappa shape index (κ1) is 20.2. The van der Waals surface area contributed by atoms with E-state index in [2.05, 4.69) is 20.6 Å². The van der Waals surface area contributed by atoms with E-state index in [4.69, 9.17) is 0 Å². The van der Waals surface area contributed by atoms with Gasteiger partial charge < -0.3 is 10.6 Å². The van der Waals surface area contributed by atoms with Crippen LogP contribution in [0.25, 0.3) is 11.3 Å². The van der Waals surface area contributed by atoms with Crippen LogP contribution in [0.2, 0.25) is 0 Å². The smallest absolute Gasteiger partial charge is 0.251 e. The zero-order chi connectivity index (χ0) is 21.6. The molecule has 2 N–H and O–H groups in total. The Morgan fingerprint density at radius 1 is 0.935 bits per heavy atom. The van der Waals surface area contributed by atoms with Crippen LogP contribution in [0.15, 0.2) is 85.2 Å². The maximum absolute atomic E-state index is 13.5. The Balaban J connectivity index is 1.41. The van der Waals surface area contributed by atoms with Gasteiger partial charge in [0.05, 0.1) is 5.69 Å². The number of benzene rings is 3. The third-order valence-electron chi connectivity index (χ3n) is 4.91. The molecule has 1 heterocycles. The summed E-state index contributed by atoms with van der Waals surface area (Å²) in [6.45, 7) is 2.50. The topological polar surface area (TPSA) is 66.9 Å². The van der Waals surface area contributed by atoms with Crippen molar-refractivity contribution in [3.05, 3.63) is 108 Å². The fourth-order valence-corrected chi connectivity index (χ4v) is 3.17. The van der Waals surface area contributed by atoms with Gasteiger partial charge in [-0.1, -0.05) is 36.4 Å². The number of hydrogen-bond donors (Lipinski definition) is 2. The molecule has 0 bridgehead atoms. The second-order valence-electron chi connectivity index (χ2n) is 7.11. The van der Waals surface area contributed by atoms with E-state index in [1.54, 1.807) is 30.3 Å². The molecule has 0 saturated heterocycles. The van der Waals surface area contributed by atoms with Crippen molar-refractivity contribution >= 4 is 17.4 Å². The molecule has 0 unspecified atom stereocenters. The molecule has 0 saturated carbocycles. The molecule has 3 aromatic carbocycles. The van der Waals surface area contributed by atoms with Gasteiger partial charge in [-0.3, -0.25) is 4.79 Å². The molecule has 0 aliphatic rings. The molecule has 0 fully saturated rings. The van der Waals surface area contributed by atoms with E-state index >= 15 is 0 Å². The van der Waals surface area contributed by atoms with Gasteiger partial charge in [0.15, 0.2) is 0 Å². The zero-order valence-corrected chi connectivity index (χ0v) is 17.0. The molecule has 0 radical (unpaired) electrons. The molecule has 0 spiro atoms. The first-order valence-electron chi connectivity index (χ1n) is 9.86. The number of amides is 1. The van der Waals surface area contributed by atoms with Crippen LogP contribution in [0.1, 0.15) is 21.5 Å². The van der Waals surface area contributed by atoms with Gasteiger partial charge in [0, 0.05) is 29.4 Å². The van der Waals surface area contributed by atoms with Crippen LogP contribution in [0.3, 0.4) is 0 Å². The van der Waals surface area contributed by atoms with Crippen molar-refractivity contribution in [2.24, 2.45) is 0 Å². The van der Waals surface area contributed by atoms with Crippen LogP contribution in [-0.2, 0) is 6.54 Å². The predicted octanol–water partition coefficient (Wildman–Crippen LogP) is 5.26. The second-order valence-corrected chi connectivity index (χ2v) is 7.11. The minimum Gasteiger partial charge on any atom is -0.348 e. The molecule has 4 rings (SSSR count). The molecule has 0 aliphatic heterocycles. The maximum Gasteiger partial charge on any atom is 0.251 e. The molecular formula is C25H21FN4O. The minimum absolute atomic E-state index is 0.134. The molecule has 4 aromatic rings. The van der Waals surface area contributed by atoms with E-state index in [1.165, 1.54) is 18.5 Å². The number of aromatic nitrogens is 2. The molecule has 5 nitrogen and oxygen atoms in total. The highest BCUT2D eigenvalue weighted by atomic mass is 19.1. The summed E-state index contributed by atoms with van der Waals surface area (Å²) in [6.07, 6.45) is 1.43. The van der Waals surface area contributed by atoms with Gasteiger partial charge in [0.1, 0.15) is 18.0 Å². The third kappa shape index (κ3) is 5.11. The lowest BCUT2D eigenvalue weighted by Crippen LogP contribution is -2.23. The van der Waals surface area contributed by atoms with Gasteiger partial charge in [-0.25, -0.2) is 14.4 Å². The van der Waals surface area contributed by atoms with Crippen molar-refractivity contribution in [1.82, 2.24) is 15.3 Å². The van der Waals surface area contributed by atoms with E-state index in [9.17, 15) is 9.18 Å². The summed E-state index contributed by atoms with van der Waals surface area (Å²) in [5, 5.41) is 6.13. The van der Waals surface area contributed by atoms with Crippen LogP contribution in [0.5, 0.6) is 0 Å². The van der Waals surface area contributed by atoms with Crippen LogP contribution in [-0.4, -0.2) is 15.9 Å². The Morgan fingerprint density at radius 3 is 2.52 bits per heavy atom. The van der Waals surface area contributed by atoms with Crippen molar-refractivity contribution < 1.29 is 9.18 Å². The first-order valence-corrected chi connectivity index (χ1v) is 9.86. The number of carbonyl (C=O) groups excluding carboxylic acids is 1. The Kier molecular flexibility index (Phi) is 5.98. The lowest BCUT2D eigenvalue weighted by molar-refractivity contribution is 0.0951. The summed E-state index contributed by atoms with van der Waals surface area (Å²) in [7, 11) is 0. The quantitative estimate of drug-likeness (QED) is 0.453. The second kappa shape index (κ2) is 9.17. The van der Waals surface area contributed by atoms with Gasteiger partial charge in [-0.2, -0.15) is 0 Å². The van der Waals surface area contributed by atoms with Crippen LogP contribution < -0.4 is 10.6 Å². The zero-order valence-electron chi connectivity index (χ0n) is 17.0. The maximum atomic E-state index is 13.5. The van der Waals surface area contributed by atoms with Crippen LogP contribution >= 0.6 is 0 Å². The number of carbonyl (C=O) groups is 1. The molecule has 1 aromatic heterocycles. The molecule has 154 valence electrons. The van der Waals surface area contributed by atoms with E-state index in [1.807, 2.05) is 43.3 Å². The Bertz CT molecular complexity index is 1210. The fourth-order valence-electron chi connectivity index (χ4n) is 3.17. The summed E-state index contributed by atoms with van der Waals surface area (Å²) in [5.74, 6) is 0.123. The van der Waals surface area contributed by atoms with E-state index < -0.39 is 0 Å². The summed E-state index contributed by atoms with van der Waals surface area (Å²) in [6, 6.07) is 23.1. The van der Waals surface area contributed by atoms with Crippen molar-refractivity contribution in [1.29, 1.82) is 0 Å². The van der Waals surface area contributed by atoms with Crippen molar-refractivity contribution in [3.63, 3.8) is 0 Å². The molecule has 1 amide bonds. The molecule has 31 heavy (non-hydrogen) atoms. The highest BCUT2D eigenvalue weighted by Gasteiger charge is 2.07. The third-order valence-corrected chi connectivity index (χ3v) is 4.91. The van der Waals surface area contributed by atoms with Crippen molar-refractivity contribution in [2.75, 3.05) is 5.32 Å². The van der Waals surface area contributed by atoms with Gasteiger partial charge in [-0.15, -0.1) is 0 Å². The fraction of sp³-hybridized carbons (Fsp3) is 0.0800. The number of halogens is 1. The average Bonchev–Trinajstić information content (AvgIpc) is 2.79. The summed E-state index contributed by atoms with van der Waals surface area (Å²) in [5.41, 5.74) is 4.87. The van der Waals surface area contributed by atoms with E-state index in [0.717, 1.165) is 16.8 Å². The van der Waals surface area contributed by atoms with Crippen molar-refractivity contribution in [3.8, 4) is 11.3 Å². The van der Waals surface area contributed by atoms with Crippen molar-refractivity contribution in [2.45, 2.75) is 13.5 Å². The summed E-state index contributed by atoms with van der Waals surface area (Å²) >= 11 is 0. The number of aryl methyl sites for hydroxylation is 1. The number of hydrogen-bond acceptors (Lipinski definition) is 4. The van der Waals surface area contributed by atoms with Gasteiger partial charge >= 0.3 is 0 Å². The monoisotopic (exact) mass is 412 g/mol. The Labute approximate surface area is 180 Å². The summed E-state index contributed by atoms with van der Waals surface area (Å²) < 4.78 is 13.5. The number of nitrogens with zero attached hydrogens (tertiary/aromatic N) is 2. The van der Waals surface area contributed by atoms with E-state index in [0.29, 0.717) is 29.2 Å².